The molecule has 26 heavy (non-hydrogen) atoms. The van der Waals surface area contributed by atoms with Crippen LogP contribution < -0.4 is 5.32 Å². The zero-order chi connectivity index (χ0) is 18.5. The lowest BCUT2D eigenvalue weighted by Crippen LogP contribution is -2.07. The van der Waals surface area contributed by atoms with Gasteiger partial charge in [-0.05, 0) is 35.4 Å². The average molecular weight is 424 g/mol. The molecule has 0 bridgehead atoms. The molecular formula is C19H13Cl3N2OS. The third-order valence-electron chi connectivity index (χ3n) is 3.47. The number of hydrogen-bond donors (Lipinski definition) is 1. The fourth-order valence-corrected chi connectivity index (χ4v) is 3.56. The van der Waals surface area contributed by atoms with Crippen LogP contribution in [0.5, 0.6) is 0 Å². The molecule has 7 heteroatoms. The second kappa shape index (κ2) is 8.69. The molecule has 0 aliphatic heterocycles. The summed E-state index contributed by atoms with van der Waals surface area (Å²) in [5.41, 5.74) is 1.81. The van der Waals surface area contributed by atoms with E-state index in [4.69, 9.17) is 34.8 Å². The molecule has 0 aliphatic carbocycles. The van der Waals surface area contributed by atoms with Crippen LogP contribution in [0.4, 0.5) is 5.13 Å². The number of rotatable bonds is 5. The number of hydrogen-bond acceptors (Lipinski definition) is 3. The standard InChI is InChI=1S/C19H13Cl3N2OS/c20-14-7-4-12(5-8-14)10-15-11-23-19(26-15)24-17(25)9-6-13-2-1-3-16(21)18(13)22/h1-9,11H,10H2,(H,23,24,25). The molecule has 3 nitrogen and oxygen atoms in total. The van der Waals surface area contributed by atoms with Crippen molar-refractivity contribution in [1.82, 2.24) is 4.98 Å². The number of halogens is 3. The normalized spacial score (nSPS) is 11.0. The van der Waals surface area contributed by atoms with E-state index in [2.05, 4.69) is 10.3 Å². The highest BCUT2D eigenvalue weighted by Crippen LogP contribution is 2.26. The molecular weight excluding hydrogens is 411 g/mol. The van der Waals surface area contributed by atoms with E-state index in [1.54, 1.807) is 30.5 Å². The van der Waals surface area contributed by atoms with Crippen LogP contribution >= 0.6 is 46.1 Å². The minimum atomic E-state index is -0.284. The van der Waals surface area contributed by atoms with Crippen LogP contribution in [0.25, 0.3) is 6.08 Å². The van der Waals surface area contributed by atoms with Crippen LogP contribution in [-0.2, 0) is 11.2 Å². The lowest BCUT2D eigenvalue weighted by molar-refractivity contribution is -0.111. The molecule has 2 aromatic carbocycles. The van der Waals surface area contributed by atoms with Gasteiger partial charge in [0, 0.05) is 28.6 Å². The topological polar surface area (TPSA) is 42.0 Å². The predicted octanol–water partition coefficient (Wildman–Crippen LogP) is 6.35. The first-order valence-corrected chi connectivity index (χ1v) is 9.58. The fraction of sp³-hybridized carbons (Fsp3) is 0.0526. The Labute approximate surface area is 170 Å². The minimum absolute atomic E-state index is 0.284. The highest BCUT2D eigenvalue weighted by atomic mass is 35.5. The van der Waals surface area contributed by atoms with Gasteiger partial charge in [-0.15, -0.1) is 11.3 Å². The Morgan fingerprint density at radius 3 is 2.65 bits per heavy atom. The van der Waals surface area contributed by atoms with Gasteiger partial charge in [-0.3, -0.25) is 10.1 Å². The maximum Gasteiger partial charge on any atom is 0.250 e. The van der Waals surface area contributed by atoms with E-state index >= 15 is 0 Å². The fourth-order valence-electron chi connectivity index (χ4n) is 2.21. The Morgan fingerprint density at radius 1 is 1.12 bits per heavy atom. The van der Waals surface area contributed by atoms with Gasteiger partial charge in [0.25, 0.3) is 0 Å². The molecule has 3 aromatic rings. The number of nitrogens with one attached hydrogen (secondary N) is 1. The molecule has 1 aromatic heterocycles. The van der Waals surface area contributed by atoms with Gasteiger partial charge in [-0.25, -0.2) is 4.98 Å². The van der Waals surface area contributed by atoms with E-state index < -0.39 is 0 Å². The second-order valence-corrected chi connectivity index (χ2v) is 7.74. The molecule has 0 spiro atoms. The van der Waals surface area contributed by atoms with E-state index in [0.717, 1.165) is 16.9 Å². The van der Waals surface area contributed by atoms with E-state index in [0.29, 0.717) is 25.8 Å². The third-order valence-corrected chi connectivity index (χ3v) is 5.47. The van der Waals surface area contributed by atoms with Crippen LogP contribution in [0.15, 0.2) is 54.7 Å². The zero-order valence-corrected chi connectivity index (χ0v) is 16.5. The predicted molar refractivity (Wildman–Crippen MR) is 110 cm³/mol. The van der Waals surface area contributed by atoms with Gasteiger partial charge in [0.05, 0.1) is 10.0 Å². The largest absolute Gasteiger partial charge is 0.298 e. The van der Waals surface area contributed by atoms with Crippen molar-refractivity contribution < 1.29 is 4.79 Å². The molecule has 0 radical (unpaired) electrons. The van der Waals surface area contributed by atoms with E-state index in [1.807, 2.05) is 24.3 Å². The Bertz CT molecular complexity index is 952. The van der Waals surface area contributed by atoms with E-state index in [-0.39, 0.29) is 5.91 Å². The lowest BCUT2D eigenvalue weighted by atomic mass is 10.1. The van der Waals surface area contributed by atoms with Crippen molar-refractivity contribution in [2.75, 3.05) is 5.32 Å². The van der Waals surface area contributed by atoms with E-state index in [9.17, 15) is 4.79 Å². The highest BCUT2D eigenvalue weighted by Gasteiger charge is 2.06. The van der Waals surface area contributed by atoms with Crippen LogP contribution in [-0.4, -0.2) is 10.9 Å². The van der Waals surface area contributed by atoms with Gasteiger partial charge in [-0.1, -0.05) is 59.1 Å². The van der Waals surface area contributed by atoms with Crippen molar-refractivity contribution in [3.8, 4) is 0 Å². The van der Waals surface area contributed by atoms with Crippen LogP contribution in [0.2, 0.25) is 15.1 Å². The number of amides is 1. The summed E-state index contributed by atoms with van der Waals surface area (Å²) >= 11 is 19.4. The summed E-state index contributed by atoms with van der Waals surface area (Å²) in [6.07, 6.45) is 5.51. The number of thiazole rings is 1. The smallest absolute Gasteiger partial charge is 0.250 e. The maximum atomic E-state index is 12.1. The molecule has 1 amide bonds. The Kier molecular flexibility index (Phi) is 6.33. The lowest BCUT2D eigenvalue weighted by Gasteiger charge is -2.00. The summed E-state index contributed by atoms with van der Waals surface area (Å²) in [7, 11) is 0. The van der Waals surface area contributed by atoms with E-state index in [1.165, 1.54) is 17.4 Å². The number of carbonyl (C=O) groups is 1. The van der Waals surface area contributed by atoms with Crippen LogP contribution in [0.1, 0.15) is 16.0 Å². The van der Waals surface area contributed by atoms with Gasteiger partial charge >= 0.3 is 0 Å². The van der Waals surface area contributed by atoms with Crippen molar-refractivity contribution >= 4 is 63.3 Å². The summed E-state index contributed by atoms with van der Waals surface area (Å²) < 4.78 is 0. The molecule has 0 atom stereocenters. The average Bonchev–Trinajstić information content (AvgIpc) is 3.05. The molecule has 0 fully saturated rings. The SMILES string of the molecule is O=C(C=Cc1cccc(Cl)c1Cl)Nc1ncc(Cc2ccc(Cl)cc2)s1. The summed E-state index contributed by atoms with van der Waals surface area (Å²) in [5, 5.41) is 4.85. The summed E-state index contributed by atoms with van der Waals surface area (Å²) in [5.74, 6) is -0.284. The molecule has 1 N–H and O–H groups in total. The number of anilines is 1. The molecule has 0 aliphatic rings. The Hall–Kier alpha value is -1.85. The van der Waals surface area contributed by atoms with Gasteiger partial charge in [-0.2, -0.15) is 0 Å². The quantitative estimate of drug-likeness (QED) is 0.486. The Balaban J connectivity index is 1.61. The van der Waals surface area contributed by atoms with Crippen molar-refractivity contribution in [2.24, 2.45) is 0 Å². The molecule has 0 saturated carbocycles. The molecule has 1 heterocycles. The maximum absolute atomic E-state index is 12.1. The monoisotopic (exact) mass is 422 g/mol. The van der Waals surface area contributed by atoms with Crippen molar-refractivity contribution in [2.45, 2.75) is 6.42 Å². The van der Waals surface area contributed by atoms with Crippen molar-refractivity contribution in [3.05, 3.63) is 85.8 Å². The Morgan fingerprint density at radius 2 is 1.88 bits per heavy atom. The van der Waals surface area contributed by atoms with Crippen molar-refractivity contribution in [1.29, 1.82) is 0 Å². The van der Waals surface area contributed by atoms with Gasteiger partial charge in [0.1, 0.15) is 0 Å². The number of aromatic nitrogens is 1. The summed E-state index contributed by atoms with van der Waals surface area (Å²) in [4.78, 5) is 17.3. The summed E-state index contributed by atoms with van der Waals surface area (Å²) in [6.45, 7) is 0. The summed E-state index contributed by atoms with van der Waals surface area (Å²) in [6, 6.07) is 12.9. The second-order valence-electron chi connectivity index (χ2n) is 5.40. The molecule has 0 saturated heterocycles. The third kappa shape index (κ3) is 5.08. The van der Waals surface area contributed by atoms with Gasteiger partial charge in [0.15, 0.2) is 5.13 Å². The molecule has 132 valence electrons. The van der Waals surface area contributed by atoms with Crippen molar-refractivity contribution in [3.63, 3.8) is 0 Å². The minimum Gasteiger partial charge on any atom is -0.298 e. The molecule has 0 unspecified atom stereocenters. The van der Waals surface area contributed by atoms with Gasteiger partial charge < -0.3 is 0 Å². The number of carbonyl (C=O) groups excluding carboxylic acids is 1. The number of nitrogens with zero attached hydrogens (tertiary/aromatic N) is 1. The molecule has 3 rings (SSSR count). The highest BCUT2D eigenvalue weighted by molar-refractivity contribution is 7.15. The van der Waals surface area contributed by atoms with Gasteiger partial charge in [0.2, 0.25) is 5.91 Å². The first-order valence-electron chi connectivity index (χ1n) is 7.63. The van der Waals surface area contributed by atoms with Crippen LogP contribution in [0, 0.1) is 0 Å². The van der Waals surface area contributed by atoms with Crippen LogP contribution in [0.3, 0.4) is 0 Å². The number of benzene rings is 2. The first-order chi connectivity index (χ1) is 12.5. The zero-order valence-electron chi connectivity index (χ0n) is 13.4. The first kappa shape index (κ1) is 18.9.